The van der Waals surface area contributed by atoms with Gasteiger partial charge in [0.1, 0.15) is 0 Å². The molecule has 0 atom stereocenters. The Morgan fingerprint density at radius 1 is 0.920 bits per heavy atom. The smallest absolute Gasteiger partial charge is 0.317 e. The molecule has 1 aliphatic heterocycles. The van der Waals surface area contributed by atoms with Crippen LogP contribution in [0.3, 0.4) is 0 Å². The molecule has 0 spiro atoms. The quantitative estimate of drug-likeness (QED) is 0.649. The van der Waals surface area contributed by atoms with Crippen molar-refractivity contribution in [2.75, 3.05) is 31.1 Å². The Kier molecular flexibility index (Phi) is 5.71. The molecule has 0 unspecified atom stereocenters. The minimum atomic E-state index is -1.45. The van der Waals surface area contributed by atoms with Crippen LogP contribution in [-0.2, 0) is 0 Å². The van der Waals surface area contributed by atoms with Crippen LogP contribution in [0.25, 0.3) is 0 Å². The van der Waals surface area contributed by atoms with E-state index in [2.05, 4.69) is 5.32 Å². The highest BCUT2D eigenvalue weighted by Gasteiger charge is 2.26. The molecule has 0 bridgehead atoms. The summed E-state index contributed by atoms with van der Waals surface area (Å²) in [6, 6.07) is 2.32. The molecule has 2 fully saturated rings. The number of urea groups is 1. The molecule has 0 radical (unpaired) electrons. The summed E-state index contributed by atoms with van der Waals surface area (Å²) in [6.07, 6.45) is 6.79. The van der Waals surface area contributed by atoms with Gasteiger partial charge in [-0.05, 0) is 25.0 Å². The number of benzene rings is 1. The van der Waals surface area contributed by atoms with E-state index in [0.29, 0.717) is 26.2 Å². The lowest BCUT2D eigenvalue weighted by molar-refractivity contribution is 0.189. The maximum absolute atomic E-state index is 13.9. The van der Waals surface area contributed by atoms with Crippen molar-refractivity contribution in [2.24, 2.45) is 0 Å². The number of nitrogens with one attached hydrogen (secondary N) is 1. The summed E-state index contributed by atoms with van der Waals surface area (Å²) in [5.41, 5.74) is 0.0442. The van der Waals surface area contributed by atoms with Crippen LogP contribution in [0.5, 0.6) is 0 Å². The second kappa shape index (κ2) is 7.97. The van der Waals surface area contributed by atoms with Crippen LogP contribution in [0.1, 0.15) is 38.5 Å². The summed E-state index contributed by atoms with van der Waals surface area (Å²) in [5, 5.41) is 3.10. The van der Waals surface area contributed by atoms with Gasteiger partial charge in [0.15, 0.2) is 17.5 Å². The van der Waals surface area contributed by atoms with Gasteiger partial charge in [-0.1, -0.05) is 25.7 Å². The minimum Gasteiger partial charge on any atom is -0.366 e. The number of piperazine rings is 1. The summed E-state index contributed by atoms with van der Waals surface area (Å²) >= 11 is 0. The fraction of sp³-hybridized carbons (Fsp3) is 0.611. The zero-order valence-electron chi connectivity index (χ0n) is 14.2. The number of hydrogen-bond donors (Lipinski definition) is 1. The van der Waals surface area contributed by atoms with Gasteiger partial charge in [-0.25, -0.2) is 18.0 Å². The predicted molar refractivity (Wildman–Crippen MR) is 90.1 cm³/mol. The van der Waals surface area contributed by atoms with Crippen LogP contribution in [0, 0.1) is 17.5 Å². The highest BCUT2D eigenvalue weighted by molar-refractivity contribution is 5.75. The first-order valence-electron chi connectivity index (χ1n) is 9.00. The molecule has 0 aromatic heterocycles. The van der Waals surface area contributed by atoms with Crippen LogP contribution in [-0.4, -0.2) is 43.2 Å². The van der Waals surface area contributed by atoms with E-state index < -0.39 is 17.5 Å². The molecule has 138 valence electrons. The van der Waals surface area contributed by atoms with E-state index >= 15 is 0 Å². The zero-order valence-corrected chi connectivity index (χ0v) is 14.2. The standard InChI is InChI=1S/C18H24F3N3O/c19-14-7-8-15(17(21)16(14)20)23-9-11-24(12-10-23)18(25)22-13-5-3-1-2-4-6-13/h7-8,13H,1-6,9-12H2,(H,22,25). The van der Waals surface area contributed by atoms with Gasteiger partial charge in [-0.3, -0.25) is 0 Å². The van der Waals surface area contributed by atoms with Gasteiger partial charge in [0.2, 0.25) is 0 Å². The number of carbonyl (C=O) groups excluding carboxylic acids is 1. The Balaban J connectivity index is 1.54. The molecule has 1 saturated heterocycles. The third kappa shape index (κ3) is 4.19. The first-order valence-corrected chi connectivity index (χ1v) is 9.00. The van der Waals surface area contributed by atoms with Crippen molar-refractivity contribution in [1.29, 1.82) is 0 Å². The first-order chi connectivity index (χ1) is 12.1. The summed E-state index contributed by atoms with van der Waals surface area (Å²) in [6.45, 7) is 1.63. The van der Waals surface area contributed by atoms with Crippen molar-refractivity contribution in [3.05, 3.63) is 29.6 Å². The number of carbonyl (C=O) groups is 1. The van der Waals surface area contributed by atoms with Crippen LogP contribution in [0.4, 0.5) is 23.7 Å². The van der Waals surface area contributed by atoms with Gasteiger partial charge < -0.3 is 15.1 Å². The highest BCUT2D eigenvalue weighted by Crippen LogP contribution is 2.25. The Hall–Kier alpha value is -1.92. The van der Waals surface area contributed by atoms with Crippen LogP contribution in [0.2, 0.25) is 0 Å². The Morgan fingerprint density at radius 2 is 1.56 bits per heavy atom. The normalized spacial score (nSPS) is 19.6. The SMILES string of the molecule is O=C(NC1CCCCCC1)N1CCN(c2ccc(F)c(F)c2F)CC1. The molecule has 1 heterocycles. The van der Waals surface area contributed by atoms with Crippen LogP contribution < -0.4 is 10.2 Å². The van der Waals surface area contributed by atoms with Gasteiger partial charge >= 0.3 is 6.03 Å². The second-order valence-corrected chi connectivity index (χ2v) is 6.81. The predicted octanol–water partition coefficient (Wildman–Crippen LogP) is 3.66. The molecule has 1 aromatic rings. The number of anilines is 1. The second-order valence-electron chi connectivity index (χ2n) is 6.81. The lowest BCUT2D eigenvalue weighted by Gasteiger charge is -2.36. The fourth-order valence-corrected chi connectivity index (χ4v) is 3.60. The molecule has 1 N–H and O–H groups in total. The number of rotatable bonds is 2. The van der Waals surface area contributed by atoms with Crippen LogP contribution in [0.15, 0.2) is 12.1 Å². The maximum Gasteiger partial charge on any atom is 0.317 e. The van der Waals surface area contributed by atoms with Crippen LogP contribution >= 0.6 is 0 Å². The topological polar surface area (TPSA) is 35.6 Å². The van der Waals surface area contributed by atoms with Crippen molar-refractivity contribution in [1.82, 2.24) is 10.2 Å². The third-order valence-electron chi connectivity index (χ3n) is 5.11. The number of amides is 2. The minimum absolute atomic E-state index is 0.0442. The van der Waals surface area contributed by atoms with E-state index in [4.69, 9.17) is 0 Å². The van der Waals surface area contributed by atoms with E-state index in [1.807, 2.05) is 0 Å². The van der Waals surface area contributed by atoms with Crippen molar-refractivity contribution in [2.45, 2.75) is 44.6 Å². The van der Waals surface area contributed by atoms with E-state index in [0.717, 1.165) is 31.7 Å². The van der Waals surface area contributed by atoms with Gasteiger partial charge in [0.25, 0.3) is 0 Å². The molecule has 1 saturated carbocycles. The Bertz CT molecular complexity index is 610. The van der Waals surface area contributed by atoms with Gasteiger partial charge in [0.05, 0.1) is 5.69 Å². The van der Waals surface area contributed by atoms with Crippen molar-refractivity contribution in [3.8, 4) is 0 Å². The Morgan fingerprint density at radius 3 is 2.20 bits per heavy atom. The molecule has 1 aliphatic carbocycles. The molecule has 4 nitrogen and oxygen atoms in total. The average Bonchev–Trinajstić information content (AvgIpc) is 2.89. The van der Waals surface area contributed by atoms with Crippen molar-refractivity contribution >= 4 is 11.7 Å². The lowest BCUT2D eigenvalue weighted by atomic mass is 10.1. The molecule has 25 heavy (non-hydrogen) atoms. The maximum atomic E-state index is 13.9. The lowest BCUT2D eigenvalue weighted by Crippen LogP contribution is -2.53. The van der Waals surface area contributed by atoms with E-state index in [9.17, 15) is 18.0 Å². The van der Waals surface area contributed by atoms with Crippen molar-refractivity contribution < 1.29 is 18.0 Å². The van der Waals surface area contributed by atoms with Gasteiger partial charge in [-0.2, -0.15) is 0 Å². The summed E-state index contributed by atoms with van der Waals surface area (Å²) in [4.78, 5) is 15.8. The number of hydrogen-bond acceptors (Lipinski definition) is 2. The van der Waals surface area contributed by atoms with E-state index in [1.165, 1.54) is 18.9 Å². The summed E-state index contributed by atoms with van der Waals surface area (Å²) in [7, 11) is 0. The van der Waals surface area contributed by atoms with Gasteiger partial charge in [-0.15, -0.1) is 0 Å². The monoisotopic (exact) mass is 355 g/mol. The highest BCUT2D eigenvalue weighted by atomic mass is 19.2. The fourth-order valence-electron chi connectivity index (χ4n) is 3.60. The molecule has 2 aliphatic rings. The molecular formula is C18H24F3N3O. The molecular weight excluding hydrogens is 331 g/mol. The first kappa shape index (κ1) is 17.9. The van der Waals surface area contributed by atoms with E-state index in [1.54, 1.807) is 9.80 Å². The van der Waals surface area contributed by atoms with Crippen molar-refractivity contribution in [3.63, 3.8) is 0 Å². The molecule has 1 aromatic carbocycles. The average molecular weight is 355 g/mol. The third-order valence-corrected chi connectivity index (χ3v) is 5.11. The largest absolute Gasteiger partial charge is 0.366 e. The Labute approximate surface area is 146 Å². The molecule has 3 rings (SSSR count). The summed E-state index contributed by atoms with van der Waals surface area (Å²) < 4.78 is 40.3. The number of nitrogens with zero attached hydrogens (tertiary/aromatic N) is 2. The summed E-state index contributed by atoms with van der Waals surface area (Å²) in [5.74, 6) is -3.81. The number of halogens is 3. The van der Waals surface area contributed by atoms with E-state index in [-0.39, 0.29) is 17.8 Å². The molecule has 2 amide bonds. The molecule has 7 heteroatoms. The zero-order chi connectivity index (χ0) is 17.8. The van der Waals surface area contributed by atoms with Gasteiger partial charge in [0, 0.05) is 32.2 Å².